The third-order valence-electron chi connectivity index (χ3n) is 4.89. The molecule has 2 heterocycles. The van der Waals surface area contributed by atoms with Gasteiger partial charge in [0.15, 0.2) is 5.17 Å². The van der Waals surface area contributed by atoms with E-state index >= 15 is 0 Å². The first-order valence-corrected chi connectivity index (χ1v) is 11.0. The number of hydrogen-bond donors (Lipinski definition) is 1. The molecule has 1 aliphatic heterocycles. The van der Waals surface area contributed by atoms with Gasteiger partial charge in [0.25, 0.3) is 5.91 Å². The van der Waals surface area contributed by atoms with E-state index in [1.54, 1.807) is 65.6 Å². The number of nitrogens with zero attached hydrogens (tertiary/aromatic N) is 2. The molecule has 0 atom stereocenters. The maximum absolute atomic E-state index is 12.9. The number of likely N-dealkylation sites (N-methyl/N-ethyl adjacent to an activating group) is 1. The third-order valence-corrected chi connectivity index (χ3v) is 6.15. The molecular formula is C24H19ClN2O4S. The maximum Gasteiger partial charge on any atom is 0.335 e. The third kappa shape index (κ3) is 4.49. The van der Waals surface area contributed by atoms with Crippen LogP contribution in [0.15, 0.2) is 68.9 Å². The first kappa shape index (κ1) is 21.9. The molecule has 1 saturated heterocycles. The molecule has 2 aromatic carbocycles. The summed E-state index contributed by atoms with van der Waals surface area (Å²) in [5, 5.41) is 10.4. The van der Waals surface area contributed by atoms with Crippen molar-refractivity contribution in [2.24, 2.45) is 4.99 Å². The van der Waals surface area contributed by atoms with Crippen LogP contribution >= 0.6 is 23.4 Å². The van der Waals surface area contributed by atoms with Crippen LogP contribution in [0.1, 0.15) is 28.6 Å². The lowest BCUT2D eigenvalue weighted by Crippen LogP contribution is -2.28. The largest absolute Gasteiger partial charge is 0.478 e. The Morgan fingerprint density at radius 2 is 1.94 bits per heavy atom. The van der Waals surface area contributed by atoms with Crippen molar-refractivity contribution in [3.8, 4) is 11.3 Å². The molecule has 4 rings (SSSR count). The van der Waals surface area contributed by atoms with Gasteiger partial charge < -0.3 is 9.52 Å². The Morgan fingerprint density at radius 3 is 2.59 bits per heavy atom. The second-order valence-corrected chi connectivity index (χ2v) is 8.51. The Labute approximate surface area is 194 Å². The minimum atomic E-state index is -0.974. The second-order valence-electron chi connectivity index (χ2n) is 7.07. The number of furan rings is 1. The zero-order valence-corrected chi connectivity index (χ0v) is 18.9. The highest BCUT2D eigenvalue weighted by molar-refractivity contribution is 8.18. The second kappa shape index (κ2) is 9.06. The SMILES string of the molecule is CCN1C(=O)/C(=C/c2ccc(-c3ccc(C(=O)O)cc3C)o2)SC1=Nc1ccc(Cl)cc1. The van der Waals surface area contributed by atoms with Crippen LogP contribution < -0.4 is 0 Å². The predicted octanol–water partition coefficient (Wildman–Crippen LogP) is 6.23. The number of aromatic carboxylic acids is 1. The molecule has 1 fully saturated rings. The number of benzene rings is 2. The molecular weight excluding hydrogens is 448 g/mol. The fourth-order valence-electron chi connectivity index (χ4n) is 3.27. The summed E-state index contributed by atoms with van der Waals surface area (Å²) < 4.78 is 5.93. The summed E-state index contributed by atoms with van der Waals surface area (Å²) in [6, 6.07) is 15.6. The molecule has 0 saturated carbocycles. The number of aliphatic imine (C=N–C) groups is 1. The summed E-state index contributed by atoms with van der Waals surface area (Å²) in [5.41, 5.74) is 2.52. The predicted molar refractivity (Wildman–Crippen MR) is 127 cm³/mol. The number of carbonyl (C=O) groups is 2. The number of rotatable bonds is 5. The van der Waals surface area contributed by atoms with Gasteiger partial charge in [-0.2, -0.15) is 0 Å². The quantitative estimate of drug-likeness (QED) is 0.450. The van der Waals surface area contributed by atoms with Crippen molar-refractivity contribution in [1.29, 1.82) is 0 Å². The molecule has 0 aliphatic carbocycles. The number of carbonyl (C=O) groups excluding carboxylic acids is 1. The number of halogens is 1. The van der Waals surface area contributed by atoms with Crippen molar-refractivity contribution in [1.82, 2.24) is 4.90 Å². The lowest BCUT2D eigenvalue weighted by atomic mass is 10.0. The summed E-state index contributed by atoms with van der Waals surface area (Å²) in [5.74, 6) is 0.0217. The molecule has 0 bridgehead atoms. The van der Waals surface area contributed by atoms with Crippen LogP contribution in [0.3, 0.4) is 0 Å². The highest BCUT2D eigenvalue weighted by atomic mass is 35.5. The fourth-order valence-corrected chi connectivity index (χ4v) is 4.44. The topological polar surface area (TPSA) is 83.1 Å². The standard InChI is InChI=1S/C24H19ClN2O4S/c1-3-27-22(28)21(32-24(27)26-17-7-5-16(25)6-8-17)13-18-9-11-20(31-18)19-10-4-15(23(29)30)12-14(19)2/h4-13H,3H2,1-2H3,(H,29,30)/b21-13-,26-24?. The van der Waals surface area contributed by atoms with Gasteiger partial charge >= 0.3 is 5.97 Å². The number of amidine groups is 1. The number of carboxylic acids is 1. The van der Waals surface area contributed by atoms with Crippen LogP contribution in [-0.4, -0.2) is 33.6 Å². The molecule has 1 N–H and O–H groups in total. The van der Waals surface area contributed by atoms with E-state index in [0.717, 1.165) is 11.1 Å². The summed E-state index contributed by atoms with van der Waals surface area (Å²) in [4.78, 5) is 30.7. The van der Waals surface area contributed by atoms with Gasteiger partial charge in [0.2, 0.25) is 0 Å². The van der Waals surface area contributed by atoms with Gasteiger partial charge in [-0.1, -0.05) is 17.7 Å². The van der Waals surface area contributed by atoms with E-state index in [4.69, 9.17) is 21.1 Å². The van der Waals surface area contributed by atoms with E-state index in [-0.39, 0.29) is 11.5 Å². The molecule has 6 nitrogen and oxygen atoms in total. The van der Waals surface area contributed by atoms with Gasteiger partial charge in [0.05, 0.1) is 16.2 Å². The van der Waals surface area contributed by atoms with E-state index in [1.807, 2.05) is 13.8 Å². The van der Waals surface area contributed by atoms with Gasteiger partial charge in [-0.25, -0.2) is 9.79 Å². The number of hydrogen-bond acceptors (Lipinski definition) is 5. The minimum Gasteiger partial charge on any atom is -0.478 e. The van der Waals surface area contributed by atoms with Crippen LogP contribution in [0.25, 0.3) is 17.4 Å². The van der Waals surface area contributed by atoms with Crippen molar-refractivity contribution in [2.45, 2.75) is 13.8 Å². The van der Waals surface area contributed by atoms with E-state index in [1.165, 1.54) is 11.8 Å². The molecule has 1 aliphatic rings. The average molecular weight is 467 g/mol. The highest BCUT2D eigenvalue weighted by Gasteiger charge is 2.32. The molecule has 0 unspecified atom stereocenters. The molecule has 3 aromatic rings. The van der Waals surface area contributed by atoms with Gasteiger partial charge in [0.1, 0.15) is 11.5 Å². The maximum atomic E-state index is 12.9. The first-order chi connectivity index (χ1) is 15.4. The molecule has 0 spiro atoms. The van der Waals surface area contributed by atoms with Gasteiger partial charge in [0, 0.05) is 23.2 Å². The van der Waals surface area contributed by atoms with Crippen LogP contribution in [0.4, 0.5) is 5.69 Å². The normalized spacial score (nSPS) is 16.3. The zero-order chi connectivity index (χ0) is 22.8. The van der Waals surface area contributed by atoms with Crippen molar-refractivity contribution in [3.63, 3.8) is 0 Å². The molecule has 8 heteroatoms. The Bertz CT molecular complexity index is 1260. The number of aryl methyl sites for hydroxylation is 1. The Hall–Kier alpha value is -3.29. The number of thioether (sulfide) groups is 1. The van der Waals surface area contributed by atoms with E-state index < -0.39 is 5.97 Å². The summed E-state index contributed by atoms with van der Waals surface area (Å²) in [6.07, 6.45) is 1.70. The summed E-state index contributed by atoms with van der Waals surface area (Å²) >= 11 is 7.22. The Balaban J connectivity index is 1.60. The number of amides is 1. The van der Waals surface area contributed by atoms with E-state index in [2.05, 4.69) is 4.99 Å². The van der Waals surface area contributed by atoms with Crippen molar-refractivity contribution in [3.05, 3.63) is 81.4 Å². The van der Waals surface area contributed by atoms with E-state index in [0.29, 0.717) is 38.8 Å². The summed E-state index contributed by atoms with van der Waals surface area (Å²) in [6.45, 7) is 4.22. The smallest absolute Gasteiger partial charge is 0.335 e. The monoisotopic (exact) mass is 466 g/mol. The number of carboxylic acid groups (broad SMARTS) is 1. The Kier molecular flexibility index (Phi) is 6.21. The van der Waals surface area contributed by atoms with Crippen LogP contribution in [-0.2, 0) is 4.79 Å². The zero-order valence-electron chi connectivity index (χ0n) is 17.3. The van der Waals surface area contributed by atoms with Crippen molar-refractivity contribution >= 4 is 52.2 Å². The molecule has 162 valence electrons. The van der Waals surface area contributed by atoms with Crippen molar-refractivity contribution in [2.75, 3.05) is 6.54 Å². The van der Waals surface area contributed by atoms with Gasteiger partial charge in [-0.15, -0.1) is 0 Å². The van der Waals surface area contributed by atoms with Crippen LogP contribution in [0.2, 0.25) is 5.02 Å². The molecule has 0 radical (unpaired) electrons. The van der Waals surface area contributed by atoms with Gasteiger partial charge in [-0.3, -0.25) is 9.69 Å². The lowest BCUT2D eigenvalue weighted by Gasteiger charge is -2.11. The average Bonchev–Trinajstić information content (AvgIpc) is 3.34. The van der Waals surface area contributed by atoms with Crippen molar-refractivity contribution < 1.29 is 19.1 Å². The lowest BCUT2D eigenvalue weighted by molar-refractivity contribution is -0.122. The van der Waals surface area contributed by atoms with Crippen LogP contribution in [0.5, 0.6) is 0 Å². The van der Waals surface area contributed by atoms with Crippen LogP contribution in [0, 0.1) is 6.92 Å². The highest BCUT2D eigenvalue weighted by Crippen LogP contribution is 2.35. The molecule has 32 heavy (non-hydrogen) atoms. The minimum absolute atomic E-state index is 0.134. The molecule has 1 amide bonds. The first-order valence-electron chi connectivity index (χ1n) is 9.85. The Morgan fingerprint density at radius 1 is 1.19 bits per heavy atom. The van der Waals surface area contributed by atoms with E-state index in [9.17, 15) is 9.59 Å². The molecule has 1 aromatic heterocycles. The van der Waals surface area contributed by atoms with Gasteiger partial charge in [-0.05, 0) is 79.7 Å². The summed E-state index contributed by atoms with van der Waals surface area (Å²) in [7, 11) is 0. The fraction of sp³-hybridized carbons (Fsp3) is 0.125.